The van der Waals surface area contributed by atoms with Gasteiger partial charge in [-0.25, -0.2) is 9.97 Å². The summed E-state index contributed by atoms with van der Waals surface area (Å²) in [5.74, 6) is 1.35. The number of oxazole rings is 1. The largest absolute Gasteiger partial charge is 0.422 e. The molecule has 2 aromatic heterocycles. The lowest BCUT2D eigenvalue weighted by Crippen LogP contribution is -2.44. The zero-order chi connectivity index (χ0) is 11.0. The molecule has 2 aromatic rings. The predicted octanol–water partition coefficient (Wildman–Crippen LogP) is 0.336. The Morgan fingerprint density at radius 3 is 2.94 bits per heavy atom. The van der Waals surface area contributed by atoms with Gasteiger partial charge in [0.25, 0.3) is 5.71 Å². The topological polar surface area (TPSA) is 67.1 Å². The maximum absolute atomic E-state index is 5.39. The van der Waals surface area contributed by atoms with Gasteiger partial charge in [0, 0.05) is 33.1 Å². The first-order valence-corrected chi connectivity index (χ1v) is 5.39. The summed E-state index contributed by atoms with van der Waals surface area (Å²) in [6.45, 7) is 5.61. The Hall–Kier alpha value is -1.69. The molecule has 3 rings (SSSR count). The van der Waals surface area contributed by atoms with Crippen molar-refractivity contribution in [3.8, 4) is 0 Å². The molecular formula is C10H13N5O. The molecule has 0 radical (unpaired) electrons. The van der Waals surface area contributed by atoms with E-state index in [4.69, 9.17) is 4.42 Å². The van der Waals surface area contributed by atoms with Gasteiger partial charge in [0.1, 0.15) is 5.52 Å². The molecule has 84 valence electrons. The second kappa shape index (κ2) is 3.71. The molecule has 6 nitrogen and oxygen atoms in total. The fraction of sp³-hybridized carbons (Fsp3) is 0.500. The van der Waals surface area contributed by atoms with Gasteiger partial charge in [-0.15, -0.1) is 0 Å². The molecule has 1 saturated heterocycles. The van der Waals surface area contributed by atoms with Crippen LogP contribution in [0, 0.1) is 6.92 Å². The molecule has 1 aliphatic heterocycles. The number of rotatable bonds is 1. The Morgan fingerprint density at radius 1 is 1.31 bits per heavy atom. The van der Waals surface area contributed by atoms with Crippen molar-refractivity contribution in [2.24, 2.45) is 0 Å². The number of aromatic nitrogens is 3. The number of nitrogens with zero attached hydrogens (tertiary/aromatic N) is 4. The van der Waals surface area contributed by atoms with Crippen LogP contribution in [0.2, 0.25) is 0 Å². The molecule has 3 heterocycles. The summed E-state index contributed by atoms with van der Waals surface area (Å²) in [7, 11) is 0. The second-order valence-corrected chi connectivity index (χ2v) is 3.83. The highest BCUT2D eigenvalue weighted by molar-refractivity contribution is 5.68. The van der Waals surface area contributed by atoms with E-state index >= 15 is 0 Å². The SMILES string of the molecule is Cc1nc2cnc(N3CCNCC3)nc2o1. The smallest absolute Gasteiger partial charge is 0.251 e. The molecule has 1 N–H and O–H groups in total. The van der Waals surface area contributed by atoms with Crippen molar-refractivity contribution in [1.29, 1.82) is 0 Å². The average Bonchev–Trinajstić information content (AvgIpc) is 2.69. The molecule has 1 fully saturated rings. The molecule has 0 aliphatic carbocycles. The van der Waals surface area contributed by atoms with Gasteiger partial charge in [-0.05, 0) is 0 Å². The van der Waals surface area contributed by atoms with Crippen LogP contribution in [0.15, 0.2) is 10.6 Å². The first kappa shape index (κ1) is 9.53. The zero-order valence-electron chi connectivity index (χ0n) is 9.10. The van der Waals surface area contributed by atoms with Crippen LogP contribution in [0.3, 0.4) is 0 Å². The fourth-order valence-corrected chi connectivity index (χ4v) is 1.85. The van der Waals surface area contributed by atoms with Crippen molar-refractivity contribution in [2.45, 2.75) is 6.92 Å². The van der Waals surface area contributed by atoms with E-state index in [0.29, 0.717) is 11.6 Å². The normalized spacial score (nSPS) is 16.9. The zero-order valence-corrected chi connectivity index (χ0v) is 9.10. The van der Waals surface area contributed by atoms with Crippen molar-refractivity contribution >= 4 is 17.2 Å². The lowest BCUT2D eigenvalue weighted by molar-refractivity contribution is 0.546. The maximum atomic E-state index is 5.39. The molecule has 0 unspecified atom stereocenters. The van der Waals surface area contributed by atoms with Gasteiger partial charge < -0.3 is 14.6 Å². The summed E-state index contributed by atoms with van der Waals surface area (Å²) in [4.78, 5) is 15.0. The molecule has 0 saturated carbocycles. The number of piperazine rings is 1. The van der Waals surface area contributed by atoms with Crippen molar-refractivity contribution in [2.75, 3.05) is 31.1 Å². The maximum Gasteiger partial charge on any atom is 0.251 e. The first-order valence-electron chi connectivity index (χ1n) is 5.39. The van der Waals surface area contributed by atoms with Crippen LogP contribution in [0.5, 0.6) is 0 Å². The fourth-order valence-electron chi connectivity index (χ4n) is 1.85. The summed E-state index contributed by atoms with van der Waals surface area (Å²) in [5.41, 5.74) is 1.29. The Bertz CT molecular complexity index is 503. The van der Waals surface area contributed by atoms with Crippen LogP contribution >= 0.6 is 0 Å². The number of anilines is 1. The molecule has 0 amide bonds. The first-order chi connectivity index (χ1) is 7.83. The van der Waals surface area contributed by atoms with Crippen LogP contribution in [0.25, 0.3) is 11.2 Å². The van der Waals surface area contributed by atoms with Crippen LogP contribution in [0.4, 0.5) is 5.95 Å². The molecule has 16 heavy (non-hydrogen) atoms. The van der Waals surface area contributed by atoms with E-state index in [0.717, 1.165) is 37.6 Å². The molecule has 1 aliphatic rings. The van der Waals surface area contributed by atoms with E-state index < -0.39 is 0 Å². The average molecular weight is 219 g/mol. The lowest BCUT2D eigenvalue weighted by Gasteiger charge is -2.26. The van der Waals surface area contributed by atoms with Crippen LogP contribution in [-0.4, -0.2) is 41.1 Å². The summed E-state index contributed by atoms with van der Waals surface area (Å²) < 4.78 is 5.39. The summed E-state index contributed by atoms with van der Waals surface area (Å²) in [5, 5.41) is 3.29. The van der Waals surface area contributed by atoms with Crippen molar-refractivity contribution in [3.63, 3.8) is 0 Å². The van der Waals surface area contributed by atoms with Gasteiger partial charge in [-0.2, -0.15) is 4.98 Å². The minimum absolute atomic E-state index is 0.570. The number of aryl methyl sites for hydroxylation is 1. The summed E-state index contributed by atoms with van der Waals surface area (Å²) in [6, 6.07) is 0. The van der Waals surface area contributed by atoms with Gasteiger partial charge >= 0.3 is 0 Å². The second-order valence-electron chi connectivity index (χ2n) is 3.83. The molecule has 0 atom stereocenters. The molecule has 0 spiro atoms. The third-order valence-corrected chi connectivity index (χ3v) is 2.65. The Balaban J connectivity index is 1.97. The number of nitrogens with one attached hydrogen (secondary N) is 1. The van der Waals surface area contributed by atoms with Crippen molar-refractivity contribution in [3.05, 3.63) is 12.1 Å². The van der Waals surface area contributed by atoms with Gasteiger partial charge in [0.2, 0.25) is 5.95 Å². The number of hydrogen-bond acceptors (Lipinski definition) is 6. The van der Waals surface area contributed by atoms with Crippen molar-refractivity contribution < 1.29 is 4.42 Å². The van der Waals surface area contributed by atoms with Gasteiger partial charge in [0.05, 0.1) is 6.20 Å². The Kier molecular flexibility index (Phi) is 2.21. The number of fused-ring (bicyclic) bond motifs is 1. The van der Waals surface area contributed by atoms with E-state index in [9.17, 15) is 0 Å². The monoisotopic (exact) mass is 219 g/mol. The van der Waals surface area contributed by atoms with Crippen LogP contribution in [-0.2, 0) is 0 Å². The quantitative estimate of drug-likeness (QED) is 0.745. The van der Waals surface area contributed by atoms with Gasteiger partial charge in [0.15, 0.2) is 5.89 Å². The van der Waals surface area contributed by atoms with Gasteiger partial charge in [-0.3, -0.25) is 0 Å². The summed E-state index contributed by atoms with van der Waals surface area (Å²) in [6.07, 6.45) is 1.72. The van der Waals surface area contributed by atoms with Crippen LogP contribution < -0.4 is 10.2 Å². The standard InChI is InChI=1S/C10H13N5O/c1-7-13-8-6-12-10(14-9(8)16-7)15-4-2-11-3-5-15/h6,11H,2-5H2,1H3. The Labute approximate surface area is 92.7 Å². The van der Waals surface area contributed by atoms with Crippen molar-refractivity contribution in [1.82, 2.24) is 20.3 Å². The van der Waals surface area contributed by atoms with E-state index in [1.165, 1.54) is 0 Å². The van der Waals surface area contributed by atoms with E-state index in [-0.39, 0.29) is 0 Å². The third kappa shape index (κ3) is 1.61. The molecule has 0 aromatic carbocycles. The molecule has 6 heteroatoms. The Morgan fingerprint density at radius 2 is 2.12 bits per heavy atom. The van der Waals surface area contributed by atoms with E-state index in [1.54, 1.807) is 6.20 Å². The third-order valence-electron chi connectivity index (χ3n) is 2.65. The molecule has 0 bridgehead atoms. The summed E-state index contributed by atoms with van der Waals surface area (Å²) >= 11 is 0. The van der Waals surface area contributed by atoms with Crippen LogP contribution in [0.1, 0.15) is 5.89 Å². The van der Waals surface area contributed by atoms with E-state index in [2.05, 4.69) is 25.2 Å². The predicted molar refractivity (Wildman–Crippen MR) is 59.4 cm³/mol. The molecular weight excluding hydrogens is 206 g/mol. The highest BCUT2D eigenvalue weighted by Crippen LogP contribution is 2.15. The highest BCUT2D eigenvalue weighted by Gasteiger charge is 2.14. The minimum atomic E-state index is 0.570. The number of hydrogen-bond donors (Lipinski definition) is 1. The lowest BCUT2D eigenvalue weighted by atomic mass is 10.4. The minimum Gasteiger partial charge on any atom is -0.422 e. The van der Waals surface area contributed by atoms with E-state index in [1.807, 2.05) is 6.92 Å². The van der Waals surface area contributed by atoms with Gasteiger partial charge in [-0.1, -0.05) is 0 Å². The highest BCUT2D eigenvalue weighted by atomic mass is 16.4.